The number of aromatic nitrogens is 4. The van der Waals surface area contributed by atoms with Crippen LogP contribution >= 0.6 is 34.8 Å². The number of aldehydes is 1. The van der Waals surface area contributed by atoms with Crippen LogP contribution in [0.5, 0.6) is 5.75 Å². The van der Waals surface area contributed by atoms with Crippen molar-refractivity contribution in [2.45, 2.75) is 53.5 Å². The molecule has 6 aromatic rings. The third kappa shape index (κ3) is 6.77. The maximum Gasteiger partial charge on any atom is 0.336 e. The fourth-order valence-electron chi connectivity index (χ4n) is 7.37. The van der Waals surface area contributed by atoms with Gasteiger partial charge in [-0.05, 0) is 94.0 Å². The van der Waals surface area contributed by atoms with E-state index in [1.54, 1.807) is 12.3 Å². The summed E-state index contributed by atoms with van der Waals surface area (Å²) in [7, 11) is 5.70. The smallest absolute Gasteiger partial charge is 0.336 e. The molecule has 6 rings (SSSR count). The van der Waals surface area contributed by atoms with Crippen molar-refractivity contribution in [3.63, 3.8) is 0 Å². The zero-order valence-corrected chi connectivity index (χ0v) is 32.7. The number of hydrogen-bond acceptors (Lipinski definition) is 5. The molecule has 0 aliphatic heterocycles. The van der Waals surface area contributed by atoms with Crippen molar-refractivity contribution in [2.75, 3.05) is 25.1 Å². The second-order valence-electron chi connectivity index (χ2n) is 13.5. The molecule has 0 aliphatic rings. The van der Waals surface area contributed by atoms with Crippen LogP contribution in [0, 0.1) is 27.7 Å². The lowest BCUT2D eigenvalue weighted by Gasteiger charge is -2.21. The van der Waals surface area contributed by atoms with Crippen LogP contribution in [0.15, 0.2) is 42.6 Å². The molecule has 9 nitrogen and oxygen atoms in total. The maximum absolute atomic E-state index is 13.0. The van der Waals surface area contributed by atoms with Crippen molar-refractivity contribution in [2.24, 2.45) is 14.1 Å². The summed E-state index contributed by atoms with van der Waals surface area (Å²) in [5.41, 5.74) is 9.64. The molecule has 0 bridgehead atoms. The van der Waals surface area contributed by atoms with Crippen LogP contribution in [-0.4, -0.2) is 56.5 Å². The molecule has 0 fully saturated rings. The third-order valence-electron chi connectivity index (χ3n) is 10.0. The summed E-state index contributed by atoms with van der Waals surface area (Å²) >= 11 is 19.8. The Kier molecular flexibility index (Phi) is 10.7. The predicted molar refractivity (Wildman–Crippen MR) is 212 cm³/mol. The number of carboxylic acids is 1. The second-order valence-corrected chi connectivity index (χ2v) is 14.7. The van der Waals surface area contributed by atoms with Gasteiger partial charge in [0, 0.05) is 78.7 Å². The number of aryl methyl sites for hydroxylation is 7. The first-order valence-corrected chi connectivity index (χ1v) is 18.3. The number of aromatic carboxylic acids is 1. The zero-order chi connectivity index (χ0) is 37.6. The minimum absolute atomic E-state index is 0.154. The first kappa shape index (κ1) is 37.3. The van der Waals surface area contributed by atoms with Crippen molar-refractivity contribution < 1.29 is 19.4 Å². The van der Waals surface area contributed by atoms with Gasteiger partial charge in [0.2, 0.25) is 0 Å². The summed E-state index contributed by atoms with van der Waals surface area (Å²) in [6, 6.07) is 11.4. The van der Waals surface area contributed by atoms with Gasteiger partial charge in [-0.2, -0.15) is 5.10 Å². The molecule has 52 heavy (non-hydrogen) atoms. The molecule has 0 atom stereocenters. The highest BCUT2D eigenvalue weighted by Crippen LogP contribution is 2.42. The SMILES string of the molecule is Cc1cc(OCCCc2c(C=O)n(CCCN(C)c3cc(C(=O)O)c4c(Cl)cn(C)c4c3)c3c(-c4c(C)nn(C)c4C)c(Cl)ccc23)cc(C)c1Cl. The number of ether oxygens (including phenoxy) is 1. The third-order valence-corrected chi connectivity index (χ3v) is 11.2. The van der Waals surface area contributed by atoms with E-state index in [1.165, 1.54) is 0 Å². The van der Waals surface area contributed by atoms with Crippen molar-refractivity contribution in [3.8, 4) is 16.9 Å². The number of carbonyl (C=O) groups excluding carboxylic acids is 1. The highest BCUT2D eigenvalue weighted by Gasteiger charge is 2.25. The molecule has 0 unspecified atom stereocenters. The number of carbonyl (C=O) groups is 2. The number of anilines is 1. The molecule has 1 N–H and O–H groups in total. The molecule has 12 heteroatoms. The maximum atomic E-state index is 13.0. The number of benzene rings is 3. The number of rotatable bonds is 13. The minimum atomic E-state index is -1.04. The van der Waals surface area contributed by atoms with Gasteiger partial charge in [-0.25, -0.2) is 4.79 Å². The van der Waals surface area contributed by atoms with Crippen LogP contribution in [0.3, 0.4) is 0 Å². The Balaban J connectivity index is 1.35. The summed E-state index contributed by atoms with van der Waals surface area (Å²) in [6.07, 6.45) is 4.62. The van der Waals surface area contributed by atoms with E-state index >= 15 is 0 Å². The molecular formula is C40H42Cl3N5O4. The normalized spacial score (nSPS) is 11.6. The first-order chi connectivity index (χ1) is 24.7. The first-order valence-electron chi connectivity index (χ1n) is 17.1. The number of halogens is 3. The van der Waals surface area contributed by atoms with E-state index in [0.29, 0.717) is 60.1 Å². The average Bonchev–Trinajstić information content (AvgIpc) is 3.66. The fraction of sp³-hybridized carbons (Fsp3) is 0.325. The van der Waals surface area contributed by atoms with Crippen LogP contribution in [0.2, 0.25) is 15.1 Å². The molecular weight excluding hydrogens is 721 g/mol. The molecule has 3 aromatic heterocycles. The number of fused-ring (bicyclic) bond motifs is 2. The summed E-state index contributed by atoms with van der Waals surface area (Å²) < 4.78 is 11.9. The van der Waals surface area contributed by atoms with Gasteiger partial charge in [0.1, 0.15) is 5.75 Å². The molecule has 0 amide bonds. The van der Waals surface area contributed by atoms with E-state index in [4.69, 9.17) is 39.5 Å². The molecule has 3 heterocycles. The average molecular weight is 763 g/mol. The highest BCUT2D eigenvalue weighted by atomic mass is 35.5. The lowest BCUT2D eigenvalue weighted by Crippen LogP contribution is -2.21. The van der Waals surface area contributed by atoms with Crippen LogP contribution in [0.1, 0.15) is 61.8 Å². The van der Waals surface area contributed by atoms with Gasteiger partial charge in [-0.15, -0.1) is 0 Å². The minimum Gasteiger partial charge on any atom is -0.494 e. The molecule has 0 saturated carbocycles. The van der Waals surface area contributed by atoms with Crippen LogP contribution in [-0.2, 0) is 27.1 Å². The van der Waals surface area contributed by atoms with Crippen LogP contribution in [0.25, 0.3) is 32.9 Å². The fourth-order valence-corrected chi connectivity index (χ4v) is 8.07. The van der Waals surface area contributed by atoms with Crippen molar-refractivity contribution in [1.29, 1.82) is 0 Å². The molecule has 0 aliphatic carbocycles. The summed E-state index contributed by atoms with van der Waals surface area (Å²) in [4.78, 5) is 27.3. The quantitative estimate of drug-likeness (QED) is 0.0931. The summed E-state index contributed by atoms with van der Waals surface area (Å²) in [5, 5.41) is 17.9. The van der Waals surface area contributed by atoms with Crippen molar-refractivity contribution in [1.82, 2.24) is 18.9 Å². The van der Waals surface area contributed by atoms with Crippen LogP contribution < -0.4 is 9.64 Å². The van der Waals surface area contributed by atoms with Gasteiger partial charge in [0.05, 0.1) is 44.6 Å². The number of hydrogen-bond donors (Lipinski definition) is 1. The number of carboxylic acid groups (broad SMARTS) is 1. The van der Waals surface area contributed by atoms with E-state index < -0.39 is 5.97 Å². The van der Waals surface area contributed by atoms with Gasteiger partial charge in [0.15, 0.2) is 6.29 Å². The second kappa shape index (κ2) is 14.9. The Hall–Kier alpha value is -4.44. The molecule has 3 aromatic carbocycles. The van der Waals surface area contributed by atoms with E-state index in [2.05, 4.69) is 9.67 Å². The topological polar surface area (TPSA) is 94.5 Å². The van der Waals surface area contributed by atoms with Crippen molar-refractivity contribution in [3.05, 3.63) is 97.0 Å². The Morgan fingerprint density at radius 2 is 1.69 bits per heavy atom. The largest absolute Gasteiger partial charge is 0.494 e. The van der Waals surface area contributed by atoms with Gasteiger partial charge in [-0.3, -0.25) is 9.48 Å². The van der Waals surface area contributed by atoms with Gasteiger partial charge in [0.25, 0.3) is 0 Å². The van der Waals surface area contributed by atoms with Crippen LogP contribution in [0.4, 0.5) is 5.69 Å². The van der Waals surface area contributed by atoms with E-state index in [1.807, 2.05) is 93.3 Å². The van der Waals surface area contributed by atoms with E-state index in [-0.39, 0.29) is 5.56 Å². The Bertz CT molecular complexity index is 2350. The molecule has 0 radical (unpaired) electrons. The van der Waals surface area contributed by atoms with Crippen molar-refractivity contribution >= 4 is 74.6 Å². The predicted octanol–water partition coefficient (Wildman–Crippen LogP) is 9.78. The summed E-state index contributed by atoms with van der Waals surface area (Å²) in [6.45, 7) is 9.49. The van der Waals surface area contributed by atoms with Gasteiger partial charge >= 0.3 is 5.97 Å². The molecule has 0 saturated heterocycles. The Morgan fingerprint density at radius 3 is 2.33 bits per heavy atom. The van der Waals surface area contributed by atoms with Gasteiger partial charge < -0.3 is 23.9 Å². The van der Waals surface area contributed by atoms with E-state index in [0.717, 1.165) is 78.4 Å². The Labute approximate surface area is 318 Å². The highest BCUT2D eigenvalue weighted by molar-refractivity contribution is 6.37. The van der Waals surface area contributed by atoms with E-state index in [9.17, 15) is 14.7 Å². The molecule has 0 spiro atoms. The Morgan fingerprint density at radius 1 is 0.981 bits per heavy atom. The summed E-state index contributed by atoms with van der Waals surface area (Å²) in [5.74, 6) is -0.271. The number of nitrogens with zero attached hydrogens (tertiary/aromatic N) is 5. The standard InChI is InChI=1S/C40H42Cl3N5O4/c1-22-16-27(17-23(2)38(22)43)52-15-8-10-28-29-11-12-31(41)37(35-24(3)44-47(7)25(35)4)39(29)48(34(28)21-49)14-9-13-45(5)26-18-30(40(50)51)36-32(42)20-46(6)33(36)19-26/h11-12,16-21H,8-10,13-15H2,1-7H3,(H,50,51). The molecule has 272 valence electrons. The lowest BCUT2D eigenvalue weighted by molar-refractivity contribution is 0.0699. The zero-order valence-electron chi connectivity index (χ0n) is 30.4. The van der Waals surface area contributed by atoms with Gasteiger partial charge in [-0.1, -0.05) is 40.9 Å². The monoisotopic (exact) mass is 761 g/mol. The lowest BCUT2D eigenvalue weighted by atomic mass is 9.98.